The van der Waals surface area contributed by atoms with Gasteiger partial charge in [-0.2, -0.15) is 0 Å². The quantitative estimate of drug-likeness (QED) is 0.182. The van der Waals surface area contributed by atoms with Crippen LogP contribution in [-0.4, -0.2) is 15.0 Å². The second kappa shape index (κ2) is 12.2. The smallest absolute Gasteiger partial charge is 0.164 e. The van der Waals surface area contributed by atoms with Crippen LogP contribution >= 0.6 is 0 Å². The number of rotatable bonds is 6. The second-order valence-electron chi connectivity index (χ2n) is 11.4. The first-order valence-electron chi connectivity index (χ1n) is 20.1. The van der Waals surface area contributed by atoms with Gasteiger partial charge in [0.15, 0.2) is 17.5 Å². The van der Waals surface area contributed by atoms with Crippen LogP contribution in [-0.2, 0) is 0 Å². The van der Waals surface area contributed by atoms with Crippen LogP contribution in [0.5, 0.6) is 0 Å². The number of benzene rings is 7. The Labute approximate surface area is 296 Å². The van der Waals surface area contributed by atoms with Gasteiger partial charge >= 0.3 is 0 Å². The van der Waals surface area contributed by atoms with Gasteiger partial charge in [0, 0.05) is 27.5 Å². The van der Waals surface area contributed by atoms with Crippen LogP contribution in [0.25, 0.3) is 89.5 Å². The average Bonchev–Trinajstić information content (AvgIpc) is 3.65. The normalized spacial score (nSPS) is 13.8. The fraction of sp³-hybridized carbons (Fsp3) is 0. The summed E-state index contributed by atoms with van der Waals surface area (Å²) in [6, 6.07) is 33.4. The molecule has 0 amide bonds. The summed E-state index contributed by atoms with van der Waals surface area (Å²) in [5.41, 5.74) is 4.96. The average molecular weight is 637 g/mol. The Hall–Kier alpha value is -6.65. The highest BCUT2D eigenvalue weighted by Gasteiger charge is 2.17. The lowest BCUT2D eigenvalue weighted by atomic mass is 9.96. The van der Waals surface area contributed by atoms with E-state index in [1.54, 1.807) is 18.2 Å². The number of furan rings is 1. The minimum absolute atomic E-state index is 0.0172. The molecule has 0 aliphatic carbocycles. The van der Waals surface area contributed by atoms with Crippen LogP contribution in [0.2, 0.25) is 0 Å². The lowest BCUT2D eigenvalue weighted by molar-refractivity contribution is 0.669. The summed E-state index contributed by atoms with van der Waals surface area (Å²) in [6.07, 6.45) is 0. The molecular weight excluding hydrogens is 599 g/mol. The van der Waals surface area contributed by atoms with E-state index in [-0.39, 0.29) is 11.1 Å². The third-order valence-corrected chi connectivity index (χ3v) is 8.32. The van der Waals surface area contributed by atoms with Gasteiger partial charge in [-0.1, -0.05) is 158 Å². The molecule has 0 fully saturated rings. The van der Waals surface area contributed by atoms with Crippen LogP contribution < -0.4 is 0 Å². The zero-order valence-electron chi connectivity index (χ0n) is 34.8. The Bertz CT molecular complexity index is 3040. The van der Waals surface area contributed by atoms with Gasteiger partial charge in [0.2, 0.25) is 0 Å². The first-order chi connectivity index (χ1) is 28.0. The van der Waals surface area contributed by atoms with Gasteiger partial charge in [-0.15, -0.1) is 0 Å². The summed E-state index contributed by atoms with van der Waals surface area (Å²) in [4.78, 5) is 14.7. The summed E-state index contributed by atoms with van der Waals surface area (Å²) < 4.78 is 83.5. The number of hydrogen-bond acceptors (Lipinski definition) is 4. The maximum Gasteiger partial charge on any atom is 0.164 e. The summed E-state index contributed by atoms with van der Waals surface area (Å²) in [6.45, 7) is 0. The van der Waals surface area contributed by atoms with Crippen LogP contribution in [0.4, 0.5) is 0 Å². The molecule has 0 atom stereocenters. The molecule has 7 aromatic carbocycles. The highest BCUT2D eigenvalue weighted by molar-refractivity contribution is 6.13. The van der Waals surface area contributed by atoms with Gasteiger partial charge in [0.05, 0.1) is 12.3 Å². The molecule has 2 aromatic heterocycles. The van der Waals surface area contributed by atoms with E-state index in [0.29, 0.717) is 50.5 Å². The molecule has 0 N–H and O–H groups in total. The molecule has 9 rings (SSSR count). The Morgan fingerprint density at radius 2 is 0.918 bits per heavy atom. The minimum Gasteiger partial charge on any atom is -0.456 e. The molecule has 9 aromatic rings. The third kappa shape index (κ3) is 5.45. The zero-order valence-corrected chi connectivity index (χ0v) is 25.8. The predicted molar refractivity (Wildman–Crippen MR) is 200 cm³/mol. The van der Waals surface area contributed by atoms with E-state index in [0.717, 1.165) is 22.3 Å². The van der Waals surface area contributed by atoms with E-state index >= 15 is 0 Å². The van der Waals surface area contributed by atoms with E-state index in [4.69, 9.17) is 31.7 Å². The van der Waals surface area contributed by atoms with Gasteiger partial charge in [-0.05, 0) is 51.6 Å². The number of nitrogens with zero attached hydrogens (tertiary/aromatic N) is 3. The largest absolute Gasteiger partial charge is 0.456 e. The van der Waals surface area contributed by atoms with Crippen molar-refractivity contribution in [2.75, 3.05) is 0 Å². The SMILES string of the molecule is [2H]c1c([2H])c([2H])c(-c2c([2H])c([2H])c(-c3cccc4oc5cc(-c6nc(-c7ccccc7)nc(-c7ccc(-c8ccccc8)cc7)n6)ccc5c34)c([2H])c2[2H])c([2H])c1[2H]. The molecule has 0 saturated carbocycles. The second-order valence-corrected chi connectivity index (χ2v) is 11.4. The molecule has 2 heterocycles. The molecule has 0 saturated heterocycles. The van der Waals surface area contributed by atoms with Gasteiger partial charge in [-0.3, -0.25) is 0 Å². The highest BCUT2D eigenvalue weighted by atomic mass is 16.3. The fourth-order valence-corrected chi connectivity index (χ4v) is 5.91. The molecule has 4 heteroatoms. The summed E-state index contributed by atoms with van der Waals surface area (Å²) in [7, 11) is 0. The standard InChI is InChI=1S/C45H29N3O/c1-4-11-30(12-5-1)32-19-23-34(24-20-32)38-17-10-18-40-42(38)39-28-27-37(29-41(39)49-40)45-47-43(35-15-8-3-9-16-35)46-44(48-45)36-25-21-33(22-26-36)31-13-6-2-7-14-31/h1-29H/i1D,4D,5D,11D,12D,19D,20D,23D,24D. The van der Waals surface area contributed by atoms with Crippen LogP contribution in [0, 0.1) is 0 Å². The number of fused-ring (bicyclic) bond motifs is 3. The number of aromatic nitrogens is 3. The maximum atomic E-state index is 9.07. The van der Waals surface area contributed by atoms with Crippen molar-refractivity contribution >= 4 is 21.9 Å². The van der Waals surface area contributed by atoms with E-state index < -0.39 is 59.9 Å². The van der Waals surface area contributed by atoms with Gasteiger partial charge in [0.1, 0.15) is 11.2 Å². The van der Waals surface area contributed by atoms with Crippen molar-refractivity contribution in [1.82, 2.24) is 15.0 Å². The van der Waals surface area contributed by atoms with Crippen LogP contribution in [0.15, 0.2) is 180 Å². The molecule has 4 nitrogen and oxygen atoms in total. The molecule has 0 spiro atoms. The van der Waals surface area contributed by atoms with Crippen molar-refractivity contribution in [2.24, 2.45) is 0 Å². The minimum atomic E-state index is -0.631. The van der Waals surface area contributed by atoms with Gasteiger partial charge in [-0.25, -0.2) is 15.0 Å². The summed E-state index contributed by atoms with van der Waals surface area (Å²) in [5.74, 6) is 1.40. The summed E-state index contributed by atoms with van der Waals surface area (Å²) >= 11 is 0. The Morgan fingerprint density at radius 1 is 0.388 bits per heavy atom. The molecule has 49 heavy (non-hydrogen) atoms. The van der Waals surface area contributed by atoms with Crippen molar-refractivity contribution in [3.63, 3.8) is 0 Å². The van der Waals surface area contributed by atoms with Crippen molar-refractivity contribution < 1.29 is 16.8 Å². The van der Waals surface area contributed by atoms with Crippen LogP contribution in [0.3, 0.4) is 0 Å². The summed E-state index contributed by atoms with van der Waals surface area (Å²) in [5, 5.41) is 1.20. The molecule has 230 valence electrons. The van der Waals surface area contributed by atoms with E-state index in [9.17, 15) is 0 Å². The zero-order chi connectivity index (χ0) is 40.4. The molecule has 0 radical (unpaired) electrons. The van der Waals surface area contributed by atoms with Crippen LogP contribution in [0.1, 0.15) is 12.3 Å². The highest BCUT2D eigenvalue weighted by Crippen LogP contribution is 2.39. The molecular formula is C45H29N3O. The third-order valence-electron chi connectivity index (χ3n) is 8.32. The fourth-order valence-electron chi connectivity index (χ4n) is 5.91. The van der Waals surface area contributed by atoms with E-state index in [1.807, 2.05) is 91.0 Å². The first kappa shape index (κ1) is 20.6. The molecule has 0 unspecified atom stereocenters. The van der Waals surface area contributed by atoms with Crippen molar-refractivity contribution in [3.8, 4) is 67.5 Å². The van der Waals surface area contributed by atoms with Crippen molar-refractivity contribution in [1.29, 1.82) is 0 Å². The number of hydrogen-bond donors (Lipinski definition) is 0. The van der Waals surface area contributed by atoms with Crippen molar-refractivity contribution in [3.05, 3.63) is 176 Å². The van der Waals surface area contributed by atoms with E-state index in [2.05, 4.69) is 12.1 Å². The molecule has 0 bridgehead atoms. The lowest BCUT2D eigenvalue weighted by Gasteiger charge is -2.09. The van der Waals surface area contributed by atoms with Gasteiger partial charge < -0.3 is 4.42 Å². The maximum absolute atomic E-state index is 9.07. The first-order valence-corrected chi connectivity index (χ1v) is 15.6. The Morgan fingerprint density at radius 3 is 1.61 bits per heavy atom. The molecule has 0 aliphatic rings. The van der Waals surface area contributed by atoms with E-state index in [1.165, 1.54) is 0 Å². The Balaban J connectivity index is 1.17. The predicted octanol–water partition coefficient (Wildman–Crippen LogP) is 11.8. The van der Waals surface area contributed by atoms with Crippen molar-refractivity contribution in [2.45, 2.75) is 0 Å². The Kier molecular flexibility index (Phi) is 5.11. The molecule has 0 aliphatic heterocycles. The monoisotopic (exact) mass is 636 g/mol. The topological polar surface area (TPSA) is 51.8 Å². The lowest BCUT2D eigenvalue weighted by Crippen LogP contribution is -2.00. The van der Waals surface area contributed by atoms with Gasteiger partial charge in [0.25, 0.3) is 0 Å².